The zero-order chi connectivity index (χ0) is 23.2. The number of benzene rings is 2. The van der Waals surface area contributed by atoms with E-state index in [1.54, 1.807) is 4.68 Å². The summed E-state index contributed by atoms with van der Waals surface area (Å²) < 4.78 is 1.63. The fourth-order valence-corrected chi connectivity index (χ4v) is 4.68. The first kappa shape index (κ1) is 23.5. The fourth-order valence-electron chi connectivity index (χ4n) is 4.55. The van der Waals surface area contributed by atoms with Gasteiger partial charge in [-0.2, -0.15) is 5.10 Å². The van der Waals surface area contributed by atoms with Gasteiger partial charge in [-0.05, 0) is 49.6 Å². The summed E-state index contributed by atoms with van der Waals surface area (Å²) in [4.78, 5) is 27.6. The highest BCUT2D eigenvalue weighted by Crippen LogP contribution is 2.21. The molecule has 0 spiro atoms. The van der Waals surface area contributed by atoms with E-state index in [9.17, 15) is 9.59 Å². The van der Waals surface area contributed by atoms with Crippen LogP contribution in [0.4, 0.5) is 0 Å². The zero-order valence-electron chi connectivity index (χ0n) is 19.1. The molecular formula is C26H31ClN4O2. The minimum absolute atomic E-state index is 0.0574. The lowest BCUT2D eigenvalue weighted by molar-refractivity contribution is -0.121. The van der Waals surface area contributed by atoms with Gasteiger partial charge < -0.3 is 5.32 Å². The highest BCUT2D eigenvalue weighted by atomic mass is 35.5. The van der Waals surface area contributed by atoms with Gasteiger partial charge in [-0.3, -0.25) is 14.5 Å². The third-order valence-electron chi connectivity index (χ3n) is 6.31. The summed E-state index contributed by atoms with van der Waals surface area (Å²) in [7, 11) is 0. The summed E-state index contributed by atoms with van der Waals surface area (Å²) in [6, 6.07) is 15.6. The Morgan fingerprint density at radius 2 is 1.91 bits per heavy atom. The highest BCUT2D eigenvalue weighted by Gasteiger charge is 2.26. The van der Waals surface area contributed by atoms with Gasteiger partial charge in [0.15, 0.2) is 0 Å². The van der Waals surface area contributed by atoms with Crippen molar-refractivity contribution in [2.24, 2.45) is 0 Å². The van der Waals surface area contributed by atoms with Crippen molar-refractivity contribution in [2.45, 2.75) is 51.6 Å². The van der Waals surface area contributed by atoms with Crippen LogP contribution in [0.2, 0.25) is 5.02 Å². The molecule has 3 aromatic rings. The van der Waals surface area contributed by atoms with Gasteiger partial charge in [0.1, 0.15) is 0 Å². The Labute approximate surface area is 199 Å². The summed E-state index contributed by atoms with van der Waals surface area (Å²) in [5.74, 6) is 0.0914. The number of aromatic nitrogens is 2. The second-order valence-corrected chi connectivity index (χ2v) is 9.15. The van der Waals surface area contributed by atoms with Gasteiger partial charge in [0.2, 0.25) is 5.91 Å². The fraction of sp³-hybridized carbons (Fsp3) is 0.423. The normalized spacial score (nSPS) is 16.4. The minimum Gasteiger partial charge on any atom is -0.356 e. The molecule has 0 bridgehead atoms. The van der Waals surface area contributed by atoms with E-state index in [4.69, 9.17) is 16.7 Å². The van der Waals surface area contributed by atoms with Crippen LogP contribution in [0.3, 0.4) is 0 Å². The number of amides is 1. The largest absolute Gasteiger partial charge is 0.356 e. The summed E-state index contributed by atoms with van der Waals surface area (Å²) in [6.45, 7) is 4.96. The summed E-state index contributed by atoms with van der Waals surface area (Å²) in [5, 5.41) is 10.0. The number of halogens is 1. The van der Waals surface area contributed by atoms with E-state index >= 15 is 0 Å². The average molecular weight is 467 g/mol. The quantitative estimate of drug-likeness (QED) is 0.517. The number of carbonyl (C=O) groups excluding carboxylic acids is 1. The van der Waals surface area contributed by atoms with Gasteiger partial charge in [-0.25, -0.2) is 4.68 Å². The molecule has 1 fully saturated rings. The molecule has 6 nitrogen and oxygen atoms in total. The van der Waals surface area contributed by atoms with Crippen molar-refractivity contribution in [3.05, 3.63) is 75.2 Å². The van der Waals surface area contributed by atoms with Crippen molar-refractivity contribution in [2.75, 3.05) is 19.6 Å². The first-order valence-corrected chi connectivity index (χ1v) is 12.2. The van der Waals surface area contributed by atoms with Gasteiger partial charge in [0, 0.05) is 42.4 Å². The Hall–Kier alpha value is -2.70. The first-order chi connectivity index (χ1) is 16.0. The molecule has 1 aliphatic heterocycles. The summed E-state index contributed by atoms with van der Waals surface area (Å²) in [5.41, 5.74) is 1.93. The highest BCUT2D eigenvalue weighted by molar-refractivity contribution is 6.30. The molecule has 1 aromatic heterocycles. The molecule has 2 aromatic carbocycles. The lowest BCUT2D eigenvalue weighted by Crippen LogP contribution is -2.39. The predicted molar refractivity (Wildman–Crippen MR) is 133 cm³/mol. The van der Waals surface area contributed by atoms with Crippen LogP contribution in [-0.2, 0) is 17.8 Å². The van der Waals surface area contributed by atoms with Crippen LogP contribution in [0.1, 0.15) is 43.9 Å². The predicted octanol–water partition coefficient (Wildman–Crippen LogP) is 4.02. The molecule has 1 saturated heterocycles. The molecule has 0 aliphatic carbocycles. The van der Waals surface area contributed by atoms with Crippen LogP contribution < -0.4 is 10.9 Å². The first-order valence-electron chi connectivity index (χ1n) is 11.8. The smallest absolute Gasteiger partial charge is 0.274 e. The van der Waals surface area contributed by atoms with E-state index in [1.165, 1.54) is 0 Å². The van der Waals surface area contributed by atoms with Crippen molar-refractivity contribution in [3.8, 4) is 0 Å². The van der Waals surface area contributed by atoms with Gasteiger partial charge in [0.05, 0.1) is 17.6 Å². The van der Waals surface area contributed by atoms with E-state index in [-0.39, 0.29) is 17.5 Å². The molecule has 0 saturated carbocycles. The molecular weight excluding hydrogens is 436 g/mol. The molecule has 1 atom stereocenters. The van der Waals surface area contributed by atoms with Crippen LogP contribution in [0.25, 0.3) is 10.8 Å². The zero-order valence-corrected chi connectivity index (χ0v) is 19.9. The van der Waals surface area contributed by atoms with E-state index in [0.717, 1.165) is 49.0 Å². The van der Waals surface area contributed by atoms with Crippen molar-refractivity contribution in [3.63, 3.8) is 0 Å². The number of likely N-dealkylation sites (tertiary alicyclic amines) is 1. The van der Waals surface area contributed by atoms with Crippen LogP contribution >= 0.6 is 11.6 Å². The molecule has 7 heteroatoms. The van der Waals surface area contributed by atoms with Crippen molar-refractivity contribution in [1.82, 2.24) is 20.0 Å². The number of nitrogens with zero attached hydrogens (tertiary/aromatic N) is 3. The third-order valence-corrected chi connectivity index (χ3v) is 6.56. The molecule has 0 radical (unpaired) electrons. The van der Waals surface area contributed by atoms with E-state index in [2.05, 4.69) is 10.2 Å². The summed E-state index contributed by atoms with van der Waals surface area (Å²) >= 11 is 6.04. The maximum atomic E-state index is 13.3. The van der Waals surface area contributed by atoms with Gasteiger partial charge in [-0.15, -0.1) is 0 Å². The Morgan fingerprint density at radius 1 is 1.15 bits per heavy atom. The number of rotatable bonds is 9. The van der Waals surface area contributed by atoms with Gasteiger partial charge in [-0.1, -0.05) is 48.9 Å². The third kappa shape index (κ3) is 5.81. The minimum atomic E-state index is -0.0574. The number of fused-ring (bicyclic) bond motifs is 1. The Bertz CT molecular complexity index is 1160. The van der Waals surface area contributed by atoms with Crippen molar-refractivity contribution >= 4 is 28.3 Å². The molecule has 4 rings (SSSR count). The summed E-state index contributed by atoms with van der Waals surface area (Å²) in [6.07, 6.45) is 4.13. The average Bonchev–Trinajstić information content (AvgIpc) is 3.27. The maximum absolute atomic E-state index is 13.3. The van der Waals surface area contributed by atoms with Crippen molar-refractivity contribution < 1.29 is 4.79 Å². The Balaban J connectivity index is 1.55. The van der Waals surface area contributed by atoms with E-state index < -0.39 is 0 Å². The van der Waals surface area contributed by atoms with Crippen LogP contribution in [0.15, 0.2) is 53.3 Å². The van der Waals surface area contributed by atoms with Gasteiger partial charge >= 0.3 is 0 Å². The Kier molecular flexibility index (Phi) is 7.78. The van der Waals surface area contributed by atoms with Crippen LogP contribution in [0, 0.1) is 0 Å². The standard InChI is InChI=1S/C26H31ClN4O2/c1-2-14-28-25(32)13-16-30-15-5-6-21(30)18-31-26(33)23-8-4-3-7-22(23)24(29-31)17-19-9-11-20(27)12-10-19/h3-4,7-12,21H,2,5-6,13-18H2,1H3,(H,28,32). The second kappa shape index (κ2) is 10.9. The Morgan fingerprint density at radius 3 is 2.67 bits per heavy atom. The molecule has 1 unspecified atom stereocenters. The van der Waals surface area contributed by atoms with E-state index in [1.807, 2.05) is 55.5 Å². The molecule has 1 N–H and O–H groups in total. The van der Waals surface area contributed by atoms with Gasteiger partial charge in [0.25, 0.3) is 5.56 Å². The number of nitrogens with one attached hydrogen (secondary N) is 1. The maximum Gasteiger partial charge on any atom is 0.274 e. The molecule has 1 aliphatic rings. The number of hydrogen-bond acceptors (Lipinski definition) is 4. The van der Waals surface area contributed by atoms with Crippen LogP contribution in [-0.4, -0.2) is 46.3 Å². The molecule has 2 heterocycles. The molecule has 33 heavy (non-hydrogen) atoms. The van der Waals surface area contributed by atoms with E-state index in [0.29, 0.717) is 36.3 Å². The molecule has 1 amide bonds. The van der Waals surface area contributed by atoms with Crippen molar-refractivity contribution in [1.29, 1.82) is 0 Å². The number of carbonyl (C=O) groups is 1. The second-order valence-electron chi connectivity index (χ2n) is 8.71. The SMILES string of the molecule is CCCNC(=O)CCN1CCCC1Cn1nc(Cc2ccc(Cl)cc2)c2ccccc2c1=O. The topological polar surface area (TPSA) is 67.2 Å². The lowest BCUT2D eigenvalue weighted by atomic mass is 10.0. The van der Waals surface area contributed by atoms with Crippen LogP contribution in [0.5, 0.6) is 0 Å². The molecule has 174 valence electrons. The number of hydrogen-bond donors (Lipinski definition) is 1. The monoisotopic (exact) mass is 466 g/mol. The lowest BCUT2D eigenvalue weighted by Gasteiger charge is -2.25.